The number of carbonyl (C=O) groups is 1. The Bertz CT molecular complexity index is 642. The average molecular weight is 285 g/mol. The minimum atomic E-state index is -0.130. The Morgan fingerprint density at radius 3 is 2.71 bits per heavy atom. The summed E-state index contributed by atoms with van der Waals surface area (Å²) in [6, 6.07) is 7.32. The van der Waals surface area contributed by atoms with Gasteiger partial charge in [-0.1, -0.05) is 25.1 Å². The Labute approximate surface area is 124 Å². The van der Waals surface area contributed by atoms with E-state index in [-0.39, 0.29) is 5.78 Å². The van der Waals surface area contributed by atoms with E-state index in [9.17, 15) is 4.79 Å². The van der Waals surface area contributed by atoms with Gasteiger partial charge in [-0.15, -0.1) is 0 Å². The minimum Gasteiger partial charge on any atom is -0.493 e. The van der Waals surface area contributed by atoms with Crippen LogP contribution in [0.5, 0.6) is 5.75 Å². The molecule has 0 spiro atoms. The van der Waals surface area contributed by atoms with E-state index >= 15 is 0 Å². The molecule has 5 nitrogen and oxygen atoms in total. The molecule has 0 aliphatic carbocycles. The van der Waals surface area contributed by atoms with Gasteiger partial charge in [0.25, 0.3) is 0 Å². The standard InChI is InChI=1S/C16H19N3O2/c1-3-10-19-16(15(21-2)11-18-19)14(20)9-6-12-4-7-13(17)8-5-12/h4-9,11H,3,10,17H2,1-2H3/b9-6+. The second-order valence-corrected chi connectivity index (χ2v) is 4.65. The van der Waals surface area contributed by atoms with Gasteiger partial charge in [0.05, 0.1) is 13.3 Å². The summed E-state index contributed by atoms with van der Waals surface area (Å²) in [5.74, 6) is 0.366. The molecule has 1 heterocycles. The maximum Gasteiger partial charge on any atom is 0.207 e. The Morgan fingerprint density at radius 2 is 2.10 bits per heavy atom. The van der Waals surface area contributed by atoms with Crippen LogP contribution in [0.2, 0.25) is 0 Å². The molecule has 0 atom stereocenters. The lowest BCUT2D eigenvalue weighted by Gasteiger charge is -2.04. The van der Waals surface area contributed by atoms with Crippen LogP contribution in [-0.2, 0) is 6.54 Å². The zero-order chi connectivity index (χ0) is 15.2. The van der Waals surface area contributed by atoms with Crippen LogP contribution in [0.1, 0.15) is 29.4 Å². The first-order valence-corrected chi connectivity index (χ1v) is 6.83. The molecule has 0 saturated carbocycles. The highest BCUT2D eigenvalue weighted by atomic mass is 16.5. The summed E-state index contributed by atoms with van der Waals surface area (Å²) < 4.78 is 6.88. The molecule has 2 aromatic rings. The molecule has 1 aromatic carbocycles. The van der Waals surface area contributed by atoms with Gasteiger partial charge in [0.1, 0.15) is 0 Å². The van der Waals surface area contributed by atoms with Crippen LogP contribution in [0.25, 0.3) is 6.08 Å². The molecule has 0 fully saturated rings. The van der Waals surface area contributed by atoms with Crippen LogP contribution in [0.15, 0.2) is 36.5 Å². The summed E-state index contributed by atoms with van der Waals surface area (Å²) in [6.07, 6.45) is 5.74. The molecule has 0 aliphatic rings. The molecule has 2 rings (SSSR count). The molecule has 21 heavy (non-hydrogen) atoms. The van der Waals surface area contributed by atoms with Crippen LogP contribution in [0, 0.1) is 0 Å². The Morgan fingerprint density at radius 1 is 1.38 bits per heavy atom. The van der Waals surface area contributed by atoms with Crippen LogP contribution >= 0.6 is 0 Å². The number of nitrogens with two attached hydrogens (primary N) is 1. The number of carbonyl (C=O) groups excluding carboxylic acids is 1. The average Bonchev–Trinajstić information content (AvgIpc) is 2.90. The predicted octanol–water partition coefficient (Wildman–Crippen LogP) is 2.78. The number of benzene rings is 1. The number of allylic oxidation sites excluding steroid dienone is 1. The lowest BCUT2D eigenvalue weighted by molar-refractivity contribution is 0.103. The van der Waals surface area contributed by atoms with Crippen molar-refractivity contribution in [3.05, 3.63) is 47.8 Å². The number of nitrogen functional groups attached to an aromatic ring is 1. The number of anilines is 1. The van der Waals surface area contributed by atoms with Crippen molar-refractivity contribution in [1.29, 1.82) is 0 Å². The highest BCUT2D eigenvalue weighted by Gasteiger charge is 2.16. The van der Waals surface area contributed by atoms with Crippen molar-refractivity contribution < 1.29 is 9.53 Å². The number of ketones is 1. The zero-order valence-electron chi connectivity index (χ0n) is 12.2. The largest absolute Gasteiger partial charge is 0.493 e. The number of aromatic nitrogens is 2. The summed E-state index contributed by atoms with van der Waals surface area (Å²) in [7, 11) is 1.54. The summed E-state index contributed by atoms with van der Waals surface area (Å²) >= 11 is 0. The van der Waals surface area contributed by atoms with Gasteiger partial charge in [-0.3, -0.25) is 9.48 Å². The van der Waals surface area contributed by atoms with Gasteiger partial charge >= 0.3 is 0 Å². The van der Waals surface area contributed by atoms with E-state index in [1.165, 1.54) is 13.2 Å². The van der Waals surface area contributed by atoms with Crippen LogP contribution < -0.4 is 10.5 Å². The van der Waals surface area contributed by atoms with Crippen LogP contribution in [-0.4, -0.2) is 22.7 Å². The van der Waals surface area contributed by atoms with Crippen molar-refractivity contribution in [3.63, 3.8) is 0 Å². The van der Waals surface area contributed by atoms with E-state index in [0.717, 1.165) is 12.0 Å². The summed E-state index contributed by atoms with van der Waals surface area (Å²) in [6.45, 7) is 2.72. The second-order valence-electron chi connectivity index (χ2n) is 4.65. The van der Waals surface area contributed by atoms with E-state index in [0.29, 0.717) is 23.7 Å². The Kier molecular flexibility index (Phi) is 4.77. The fourth-order valence-corrected chi connectivity index (χ4v) is 2.01. The number of nitrogens with zero attached hydrogens (tertiary/aromatic N) is 2. The smallest absolute Gasteiger partial charge is 0.207 e. The van der Waals surface area contributed by atoms with Gasteiger partial charge in [0.15, 0.2) is 11.4 Å². The fourth-order valence-electron chi connectivity index (χ4n) is 2.01. The summed E-state index contributed by atoms with van der Waals surface area (Å²) in [5.41, 5.74) is 7.72. The molecule has 0 saturated heterocycles. The number of hydrogen-bond donors (Lipinski definition) is 1. The van der Waals surface area contributed by atoms with Gasteiger partial charge < -0.3 is 10.5 Å². The van der Waals surface area contributed by atoms with Crippen LogP contribution in [0.3, 0.4) is 0 Å². The van der Waals surface area contributed by atoms with Gasteiger partial charge in [-0.2, -0.15) is 5.10 Å². The number of aryl methyl sites for hydroxylation is 1. The SMILES string of the molecule is CCCn1ncc(OC)c1C(=O)/C=C/c1ccc(N)cc1. The molecule has 110 valence electrons. The van der Waals surface area contributed by atoms with Crippen molar-refractivity contribution in [2.75, 3.05) is 12.8 Å². The number of methoxy groups -OCH3 is 1. The fraction of sp³-hybridized carbons (Fsp3) is 0.250. The van der Waals surface area contributed by atoms with E-state index in [1.807, 2.05) is 19.1 Å². The summed E-state index contributed by atoms with van der Waals surface area (Å²) in [4.78, 5) is 12.4. The maximum absolute atomic E-state index is 12.4. The van der Waals surface area contributed by atoms with E-state index < -0.39 is 0 Å². The summed E-state index contributed by atoms with van der Waals surface area (Å²) in [5, 5.41) is 4.18. The van der Waals surface area contributed by atoms with E-state index in [4.69, 9.17) is 10.5 Å². The molecule has 0 amide bonds. The highest BCUT2D eigenvalue weighted by Crippen LogP contribution is 2.19. The number of rotatable bonds is 6. The molecule has 5 heteroatoms. The molecule has 0 radical (unpaired) electrons. The second kappa shape index (κ2) is 6.74. The predicted molar refractivity (Wildman–Crippen MR) is 83.3 cm³/mol. The zero-order valence-corrected chi connectivity index (χ0v) is 12.2. The Balaban J connectivity index is 2.23. The third-order valence-corrected chi connectivity index (χ3v) is 3.06. The van der Waals surface area contributed by atoms with Gasteiger partial charge in [-0.05, 0) is 30.2 Å². The van der Waals surface area contributed by atoms with Gasteiger partial charge in [0, 0.05) is 12.2 Å². The molecular formula is C16H19N3O2. The van der Waals surface area contributed by atoms with Gasteiger partial charge in [0.2, 0.25) is 5.78 Å². The Hall–Kier alpha value is -2.56. The molecule has 0 unspecified atom stereocenters. The lowest BCUT2D eigenvalue weighted by Crippen LogP contribution is -2.09. The quantitative estimate of drug-likeness (QED) is 0.503. The normalized spacial score (nSPS) is 11.0. The van der Waals surface area contributed by atoms with Gasteiger partial charge in [-0.25, -0.2) is 0 Å². The monoisotopic (exact) mass is 285 g/mol. The maximum atomic E-state index is 12.4. The topological polar surface area (TPSA) is 70.1 Å². The van der Waals surface area contributed by atoms with Crippen molar-refractivity contribution in [3.8, 4) is 5.75 Å². The number of hydrogen-bond acceptors (Lipinski definition) is 4. The molecule has 1 aromatic heterocycles. The molecular weight excluding hydrogens is 266 g/mol. The first-order chi connectivity index (χ1) is 10.2. The molecule has 0 bridgehead atoms. The molecule has 2 N–H and O–H groups in total. The lowest BCUT2D eigenvalue weighted by atomic mass is 10.1. The first kappa shape index (κ1) is 14.8. The van der Waals surface area contributed by atoms with Crippen molar-refractivity contribution in [1.82, 2.24) is 9.78 Å². The molecule has 0 aliphatic heterocycles. The van der Waals surface area contributed by atoms with Crippen LogP contribution in [0.4, 0.5) is 5.69 Å². The highest BCUT2D eigenvalue weighted by molar-refractivity contribution is 6.07. The van der Waals surface area contributed by atoms with Crippen molar-refractivity contribution >= 4 is 17.5 Å². The van der Waals surface area contributed by atoms with E-state index in [1.54, 1.807) is 29.1 Å². The third kappa shape index (κ3) is 3.51. The third-order valence-electron chi connectivity index (χ3n) is 3.06. The minimum absolute atomic E-state index is 0.130. The number of ether oxygens (including phenoxy) is 1. The van der Waals surface area contributed by atoms with Crippen molar-refractivity contribution in [2.45, 2.75) is 19.9 Å². The van der Waals surface area contributed by atoms with E-state index in [2.05, 4.69) is 5.10 Å². The first-order valence-electron chi connectivity index (χ1n) is 6.83. The van der Waals surface area contributed by atoms with Crippen molar-refractivity contribution in [2.24, 2.45) is 0 Å².